The van der Waals surface area contributed by atoms with Crippen LogP contribution in [0.15, 0.2) is 58.6 Å². The Morgan fingerprint density at radius 2 is 1.53 bits per heavy atom. The molecule has 0 aromatic rings. The molecule has 0 unspecified atom stereocenters. The number of hydrogen-bond acceptors (Lipinski definition) is 3. The molecule has 0 N–H and O–H groups in total. The van der Waals surface area contributed by atoms with Gasteiger partial charge in [0.1, 0.15) is 6.54 Å². The van der Waals surface area contributed by atoms with Crippen LogP contribution in [-0.4, -0.2) is 30.7 Å². The summed E-state index contributed by atoms with van der Waals surface area (Å²) >= 11 is 0. The smallest absolute Gasteiger partial charge is 0.267 e. The third-order valence-corrected chi connectivity index (χ3v) is 1.69. The van der Waals surface area contributed by atoms with Gasteiger partial charge in [-0.3, -0.25) is 14.6 Å². The number of rotatable bonds is 0. The van der Waals surface area contributed by atoms with Gasteiger partial charge in [-0.2, -0.15) is 0 Å². The van der Waals surface area contributed by atoms with E-state index in [1.54, 1.807) is 30.4 Å². The minimum atomic E-state index is -0.354. The second-order valence-corrected chi connectivity index (χ2v) is 3.05. The molecular formula is C13H12N2O2. The fourth-order valence-corrected chi connectivity index (χ4v) is 0.945. The summed E-state index contributed by atoms with van der Waals surface area (Å²) in [4.78, 5) is 29.8. The van der Waals surface area contributed by atoms with Crippen LogP contribution in [0.4, 0.5) is 0 Å². The highest BCUT2D eigenvalue weighted by molar-refractivity contribution is 6.02. The molecule has 0 saturated heterocycles. The highest BCUT2D eigenvalue weighted by Crippen LogP contribution is 1.85. The first-order chi connectivity index (χ1) is 8.29. The highest BCUT2D eigenvalue weighted by Gasteiger charge is 1.92. The fraction of sp³-hybridized carbons (Fsp3) is 0.0769. The molecule has 0 aliphatic carbocycles. The molecule has 0 spiro atoms. The van der Waals surface area contributed by atoms with Crippen molar-refractivity contribution in [2.24, 2.45) is 9.98 Å². The van der Waals surface area contributed by atoms with Crippen LogP contribution in [0.2, 0.25) is 0 Å². The zero-order chi connectivity index (χ0) is 12.3. The summed E-state index contributed by atoms with van der Waals surface area (Å²) in [6.45, 7) is 0.00455. The van der Waals surface area contributed by atoms with E-state index < -0.39 is 0 Å². The van der Waals surface area contributed by atoms with Crippen molar-refractivity contribution in [3.63, 3.8) is 0 Å². The van der Waals surface area contributed by atoms with Crippen LogP contribution in [0.5, 0.6) is 0 Å². The molecule has 1 amide bonds. The summed E-state index contributed by atoms with van der Waals surface area (Å²) in [6, 6.07) is 0. The SMILES string of the molecule is O=C1C=CC=CC=CC=NCC(=O)/N=C\C=C/1. The van der Waals surface area contributed by atoms with E-state index in [9.17, 15) is 9.59 Å². The molecule has 0 bridgehead atoms. The van der Waals surface area contributed by atoms with Crippen molar-refractivity contribution in [2.75, 3.05) is 6.54 Å². The zero-order valence-corrected chi connectivity index (χ0v) is 9.19. The Hall–Kier alpha value is -2.36. The minimum absolute atomic E-state index is 0.00455. The number of ketones is 1. The summed E-state index contributed by atoms with van der Waals surface area (Å²) in [5, 5.41) is 0. The van der Waals surface area contributed by atoms with Crippen molar-refractivity contribution >= 4 is 24.1 Å². The van der Waals surface area contributed by atoms with Gasteiger partial charge in [-0.05, 0) is 24.3 Å². The first-order valence-electron chi connectivity index (χ1n) is 5.06. The largest absolute Gasteiger partial charge is 0.290 e. The molecule has 0 radical (unpaired) electrons. The van der Waals surface area contributed by atoms with Crippen LogP contribution >= 0.6 is 0 Å². The van der Waals surface area contributed by atoms with Gasteiger partial charge in [-0.15, -0.1) is 0 Å². The van der Waals surface area contributed by atoms with Crippen molar-refractivity contribution in [3.05, 3.63) is 48.6 Å². The molecule has 17 heavy (non-hydrogen) atoms. The summed E-state index contributed by atoms with van der Waals surface area (Å²) in [5.41, 5.74) is 0. The van der Waals surface area contributed by atoms with E-state index in [1.165, 1.54) is 30.7 Å². The van der Waals surface area contributed by atoms with Gasteiger partial charge in [-0.1, -0.05) is 24.3 Å². The minimum Gasteiger partial charge on any atom is -0.290 e. The lowest BCUT2D eigenvalue weighted by atomic mass is 10.3. The fourth-order valence-electron chi connectivity index (χ4n) is 0.945. The average Bonchev–Trinajstić information content (AvgIpc) is 2.32. The molecule has 0 aromatic heterocycles. The lowest BCUT2D eigenvalue weighted by Gasteiger charge is -1.84. The van der Waals surface area contributed by atoms with Gasteiger partial charge in [0.2, 0.25) is 0 Å². The Kier molecular flexibility index (Phi) is 5.88. The van der Waals surface area contributed by atoms with E-state index in [2.05, 4.69) is 9.98 Å². The number of aliphatic imine (C=N–C) groups is 2. The molecule has 4 heteroatoms. The Morgan fingerprint density at radius 1 is 0.824 bits per heavy atom. The predicted molar refractivity (Wildman–Crippen MR) is 68.4 cm³/mol. The number of hydrogen-bond donors (Lipinski definition) is 0. The molecule has 0 fully saturated rings. The molecule has 1 aliphatic heterocycles. The van der Waals surface area contributed by atoms with Gasteiger partial charge < -0.3 is 0 Å². The maximum atomic E-state index is 11.2. The summed E-state index contributed by atoms with van der Waals surface area (Å²) in [7, 11) is 0. The number of nitrogens with zero attached hydrogens (tertiary/aromatic N) is 2. The van der Waals surface area contributed by atoms with E-state index in [1.807, 2.05) is 0 Å². The number of amides is 1. The monoisotopic (exact) mass is 228 g/mol. The molecule has 4 nitrogen and oxygen atoms in total. The Labute approximate surface area is 99.5 Å². The first-order valence-corrected chi connectivity index (χ1v) is 5.06. The lowest BCUT2D eigenvalue weighted by molar-refractivity contribution is -0.116. The molecule has 1 rings (SSSR count). The molecule has 0 atom stereocenters. The van der Waals surface area contributed by atoms with Gasteiger partial charge in [-0.25, -0.2) is 4.99 Å². The van der Waals surface area contributed by atoms with Gasteiger partial charge in [0.05, 0.1) is 0 Å². The zero-order valence-electron chi connectivity index (χ0n) is 9.19. The maximum absolute atomic E-state index is 11.2. The van der Waals surface area contributed by atoms with Crippen LogP contribution in [0.1, 0.15) is 0 Å². The van der Waals surface area contributed by atoms with Gasteiger partial charge >= 0.3 is 0 Å². The van der Waals surface area contributed by atoms with E-state index in [0.29, 0.717) is 0 Å². The summed E-state index contributed by atoms with van der Waals surface area (Å²) in [5.74, 6) is -0.517. The normalized spacial score (nSPS) is 20.9. The maximum Gasteiger partial charge on any atom is 0.267 e. The second kappa shape index (κ2) is 7.87. The van der Waals surface area contributed by atoms with Gasteiger partial charge in [0.15, 0.2) is 5.78 Å². The van der Waals surface area contributed by atoms with Crippen LogP contribution < -0.4 is 0 Å². The van der Waals surface area contributed by atoms with E-state index in [0.717, 1.165) is 0 Å². The molecule has 0 saturated carbocycles. The van der Waals surface area contributed by atoms with Crippen LogP contribution in [0, 0.1) is 0 Å². The lowest BCUT2D eigenvalue weighted by Crippen LogP contribution is -1.98. The van der Waals surface area contributed by atoms with E-state index in [4.69, 9.17) is 0 Å². The van der Waals surface area contributed by atoms with Crippen LogP contribution in [-0.2, 0) is 9.59 Å². The average molecular weight is 228 g/mol. The van der Waals surface area contributed by atoms with Crippen LogP contribution in [0.3, 0.4) is 0 Å². The molecule has 0 aromatic carbocycles. The predicted octanol–water partition coefficient (Wildman–Crippen LogP) is 1.46. The molecular weight excluding hydrogens is 216 g/mol. The van der Waals surface area contributed by atoms with Crippen molar-refractivity contribution in [2.45, 2.75) is 0 Å². The van der Waals surface area contributed by atoms with Crippen molar-refractivity contribution in [1.82, 2.24) is 0 Å². The molecule has 1 heterocycles. The van der Waals surface area contributed by atoms with Crippen LogP contribution in [0.25, 0.3) is 0 Å². The Morgan fingerprint density at radius 3 is 2.41 bits per heavy atom. The first kappa shape index (κ1) is 12.7. The third-order valence-electron chi connectivity index (χ3n) is 1.69. The Bertz CT molecular complexity index is 452. The van der Waals surface area contributed by atoms with Crippen molar-refractivity contribution < 1.29 is 9.59 Å². The van der Waals surface area contributed by atoms with E-state index >= 15 is 0 Å². The highest BCUT2D eigenvalue weighted by atomic mass is 16.1. The van der Waals surface area contributed by atoms with E-state index in [-0.39, 0.29) is 18.2 Å². The number of allylic oxidation sites excluding steroid dienone is 8. The van der Waals surface area contributed by atoms with Gasteiger partial charge in [0.25, 0.3) is 5.91 Å². The molecule has 86 valence electrons. The summed E-state index contributed by atoms with van der Waals surface area (Å²) in [6.07, 6.45) is 15.6. The quantitative estimate of drug-likeness (QED) is 0.630. The van der Waals surface area contributed by atoms with Crippen molar-refractivity contribution in [1.29, 1.82) is 0 Å². The standard InChI is InChI=1S/C13H12N2O2/c16-12-7-4-2-1-3-5-9-14-11-13(17)15-10-6-8-12/h1-10H,11H2/b2-1?,5-3?,7-4?,8-6-,14-9?,15-10-. The molecule has 1 aliphatic rings. The third kappa shape index (κ3) is 6.67. The van der Waals surface area contributed by atoms with Gasteiger partial charge in [0, 0.05) is 12.4 Å². The number of carbonyl (C=O) groups is 2. The van der Waals surface area contributed by atoms with Crippen molar-refractivity contribution in [3.8, 4) is 0 Å². The second-order valence-electron chi connectivity index (χ2n) is 3.05. The topological polar surface area (TPSA) is 58.9 Å². The summed E-state index contributed by atoms with van der Waals surface area (Å²) < 4.78 is 0. The Balaban J connectivity index is 2.77. The number of carbonyl (C=O) groups excluding carboxylic acids is 2.